The standard InChI is InChI=1S/2C8H13NO.C8H12O2.C7H12N2O.C7H11NO2.C6H11N3.C6H10N2O2/c1-8(2,3)7-4-6(10)5-9-7;1-6-9-5-7(10-6)8(2,3)4;1-8(2,3)6-4-7(9)10-5-6;1-5-8-6(10-9-5)7(2,3)4;1-7(2,3)5-4-10-6(9)8-5;1-6(2,3)5-4-7-9-8-5;1-6(2,3)4-7-5(9)10-8-4/h4,9H,5H2,1-3H3;5H,1-4H3;4-5,9H,1-3H3;1-4H3;4H,1-3H3,(H,8,9);4H,1-3H3,(H,7,8,9);1-3H3,(H,7,8,9). The lowest BCUT2D eigenvalue weighted by Crippen LogP contribution is -2.21. The van der Waals surface area contributed by atoms with Gasteiger partial charge in [-0.3, -0.25) is 19.3 Å². The molecule has 6 aromatic rings. The average molecular weight is 967 g/mol. The molecular formula is C50H82N10O9. The van der Waals surface area contributed by atoms with Crippen LogP contribution >= 0.6 is 0 Å². The number of aromatic nitrogens is 9. The summed E-state index contributed by atoms with van der Waals surface area (Å²) in [6.07, 6.45) is 8.27. The Morgan fingerprint density at radius 3 is 1.43 bits per heavy atom. The molecule has 1 aliphatic heterocycles. The van der Waals surface area contributed by atoms with Crippen LogP contribution in [0, 0.1) is 19.3 Å². The summed E-state index contributed by atoms with van der Waals surface area (Å²) in [6.45, 7) is 47.2. The smallest absolute Gasteiger partial charge is 0.438 e. The number of aryl methyl sites for hydroxylation is 2. The first-order valence-corrected chi connectivity index (χ1v) is 22.7. The van der Waals surface area contributed by atoms with Crippen LogP contribution < -0.4 is 16.8 Å². The van der Waals surface area contributed by atoms with Crippen molar-refractivity contribution in [3.63, 3.8) is 0 Å². The Hall–Kier alpha value is -6.27. The van der Waals surface area contributed by atoms with Gasteiger partial charge in [-0.25, -0.2) is 14.6 Å². The first-order chi connectivity index (χ1) is 31.1. The number of allylic oxidation sites excluding steroid dienone is 1. The van der Waals surface area contributed by atoms with Crippen LogP contribution in [0.2, 0.25) is 0 Å². The van der Waals surface area contributed by atoms with E-state index in [4.69, 9.17) is 18.5 Å². The van der Waals surface area contributed by atoms with Crippen LogP contribution in [0.25, 0.3) is 0 Å². The number of aromatic amines is 3. The van der Waals surface area contributed by atoms with E-state index in [0.717, 1.165) is 34.3 Å². The molecule has 0 unspecified atom stereocenters. The van der Waals surface area contributed by atoms with E-state index in [1.165, 1.54) is 6.26 Å². The van der Waals surface area contributed by atoms with Gasteiger partial charge in [-0.2, -0.15) is 20.4 Å². The number of hydrogen-bond acceptors (Lipinski definition) is 16. The van der Waals surface area contributed by atoms with E-state index >= 15 is 0 Å². The number of hydrogen-bond donors (Lipinski definition) is 5. The van der Waals surface area contributed by atoms with Crippen molar-refractivity contribution >= 4 is 5.78 Å². The maximum Gasteiger partial charge on any atom is 0.438 e. The number of oxazole rings is 2. The zero-order valence-electron chi connectivity index (χ0n) is 45.6. The van der Waals surface area contributed by atoms with Crippen molar-refractivity contribution in [2.24, 2.45) is 5.41 Å². The molecule has 0 atom stereocenters. The Balaban J connectivity index is 0.000000403. The van der Waals surface area contributed by atoms with Gasteiger partial charge < -0.3 is 28.2 Å². The van der Waals surface area contributed by atoms with Gasteiger partial charge in [0.05, 0.1) is 36.6 Å². The third kappa shape index (κ3) is 23.5. The van der Waals surface area contributed by atoms with Crippen LogP contribution in [0.3, 0.4) is 0 Å². The first-order valence-electron chi connectivity index (χ1n) is 22.7. The molecule has 0 aromatic carbocycles. The molecule has 69 heavy (non-hydrogen) atoms. The van der Waals surface area contributed by atoms with Crippen LogP contribution in [0.5, 0.6) is 5.95 Å². The number of ketones is 1. The number of rotatable bonds is 0. The second kappa shape index (κ2) is 24.3. The van der Waals surface area contributed by atoms with E-state index in [2.05, 4.69) is 143 Å². The summed E-state index contributed by atoms with van der Waals surface area (Å²) in [4.78, 5) is 44.9. The van der Waals surface area contributed by atoms with Crippen molar-refractivity contribution in [3.05, 3.63) is 110 Å². The molecule has 0 radical (unpaired) electrons. The van der Waals surface area contributed by atoms with Gasteiger partial charge in [0.2, 0.25) is 5.89 Å². The number of aromatic hydroxyl groups is 1. The maximum absolute atomic E-state index is 10.8. The summed E-state index contributed by atoms with van der Waals surface area (Å²) < 4.78 is 24.0. The van der Waals surface area contributed by atoms with Gasteiger partial charge in [-0.15, -0.1) is 0 Å². The third-order valence-corrected chi connectivity index (χ3v) is 9.21. The van der Waals surface area contributed by atoms with Crippen LogP contribution in [0.15, 0.2) is 74.6 Å². The molecule has 0 amide bonds. The number of carbonyl (C=O) groups excluding carboxylic acids is 1. The maximum atomic E-state index is 10.8. The van der Waals surface area contributed by atoms with Crippen molar-refractivity contribution < 1.29 is 32.2 Å². The Kier molecular flexibility index (Phi) is 21.4. The van der Waals surface area contributed by atoms with Gasteiger partial charge in [0.25, 0.3) is 5.95 Å². The molecule has 5 N–H and O–H groups in total. The minimum atomic E-state index is -0.495. The largest absolute Gasteiger partial charge is 0.481 e. The number of H-pyrrole nitrogens is 3. The van der Waals surface area contributed by atoms with Crippen LogP contribution in [0.1, 0.15) is 192 Å². The van der Waals surface area contributed by atoms with E-state index in [9.17, 15) is 14.4 Å². The topological polar surface area (TPSA) is 274 Å². The SMILES string of the molecule is CC(C)(C)C1=CC(=O)CN1.CC(C)(C)c1cn[nH]n1.CC(C)(C)c1coc(=O)[nH]1.CC(C)(C)c1coc(O)c1.CC(C)(C)c1noc(=O)[nH]1.Cc1ncc(C(C)(C)C)o1.Cc1noc(C(C)(C)C)n1. The average Bonchev–Trinajstić information content (AvgIpc) is 4.02. The first kappa shape index (κ1) is 60.7. The zero-order chi connectivity index (χ0) is 53.6. The molecule has 19 nitrogen and oxygen atoms in total. The van der Waals surface area contributed by atoms with Crippen molar-refractivity contribution in [2.45, 2.75) is 192 Å². The Morgan fingerprint density at radius 2 is 1.23 bits per heavy atom. The normalized spacial score (nSPS) is 12.9. The molecule has 1 aliphatic rings. The molecule has 0 aliphatic carbocycles. The second-order valence-electron chi connectivity index (χ2n) is 23.6. The summed E-state index contributed by atoms with van der Waals surface area (Å²) in [5, 5.41) is 29.4. The van der Waals surface area contributed by atoms with Gasteiger partial charge >= 0.3 is 11.5 Å². The Morgan fingerprint density at radius 1 is 0.623 bits per heavy atom. The van der Waals surface area contributed by atoms with Crippen LogP contribution in [-0.4, -0.2) is 63.1 Å². The second-order valence-corrected chi connectivity index (χ2v) is 23.6. The molecule has 7 rings (SSSR count). The summed E-state index contributed by atoms with van der Waals surface area (Å²) in [6, 6.07) is 1.64. The highest BCUT2D eigenvalue weighted by Gasteiger charge is 2.23. The number of nitrogens with one attached hydrogen (secondary N) is 4. The van der Waals surface area contributed by atoms with Gasteiger partial charge in [-0.1, -0.05) is 156 Å². The summed E-state index contributed by atoms with van der Waals surface area (Å²) in [7, 11) is 0. The van der Waals surface area contributed by atoms with E-state index in [1.807, 2.05) is 76.2 Å². The van der Waals surface area contributed by atoms with E-state index in [1.54, 1.807) is 30.8 Å². The lowest BCUT2D eigenvalue weighted by molar-refractivity contribution is -0.113. The number of nitrogens with zero attached hydrogens (tertiary/aromatic N) is 6. The number of carbonyl (C=O) groups is 1. The van der Waals surface area contributed by atoms with E-state index < -0.39 is 5.76 Å². The van der Waals surface area contributed by atoms with Gasteiger partial charge in [0.15, 0.2) is 23.3 Å². The molecule has 0 spiro atoms. The number of furan rings is 1. The molecule has 0 bridgehead atoms. The molecule has 0 fully saturated rings. The highest BCUT2D eigenvalue weighted by molar-refractivity contribution is 5.94. The highest BCUT2D eigenvalue weighted by atomic mass is 16.5. The quantitative estimate of drug-likeness (QED) is 0.0946. The molecule has 386 valence electrons. The van der Waals surface area contributed by atoms with Gasteiger partial charge in [0, 0.05) is 57.3 Å². The van der Waals surface area contributed by atoms with Crippen molar-refractivity contribution in [1.82, 2.24) is 51.0 Å². The van der Waals surface area contributed by atoms with Crippen LogP contribution in [-0.2, 0) is 37.3 Å². The highest BCUT2D eigenvalue weighted by Crippen LogP contribution is 2.27. The monoisotopic (exact) mass is 967 g/mol. The Bertz CT molecular complexity index is 2370. The van der Waals surface area contributed by atoms with E-state index in [0.29, 0.717) is 24.1 Å². The minimum Gasteiger partial charge on any atom is -0.481 e. The van der Waals surface area contributed by atoms with Crippen molar-refractivity contribution in [2.75, 3.05) is 6.54 Å². The molecule has 6 aromatic heterocycles. The summed E-state index contributed by atoms with van der Waals surface area (Å²) >= 11 is 0. The molecule has 0 saturated carbocycles. The Labute approximate surface area is 407 Å². The fraction of sp³-hybridized carbons (Fsp3) is 0.620. The summed E-state index contributed by atoms with van der Waals surface area (Å²) in [5.41, 5.74) is 4.05. The van der Waals surface area contributed by atoms with Crippen molar-refractivity contribution in [3.8, 4) is 5.95 Å². The molecule has 7 heterocycles. The van der Waals surface area contributed by atoms with E-state index in [-0.39, 0.29) is 55.4 Å². The molecular weight excluding hydrogens is 885 g/mol. The summed E-state index contributed by atoms with van der Waals surface area (Å²) in [5.74, 6) is 2.96. The minimum absolute atomic E-state index is 0.00933. The van der Waals surface area contributed by atoms with Gasteiger partial charge in [-0.05, 0) is 17.9 Å². The zero-order valence-corrected chi connectivity index (χ0v) is 45.6. The molecule has 0 saturated heterocycles. The van der Waals surface area contributed by atoms with Gasteiger partial charge in [0.1, 0.15) is 12.0 Å². The van der Waals surface area contributed by atoms with Crippen molar-refractivity contribution in [1.29, 1.82) is 0 Å². The lowest BCUT2D eigenvalue weighted by atomic mass is 9.89. The predicted octanol–water partition coefficient (Wildman–Crippen LogP) is 10.4. The van der Waals surface area contributed by atoms with Crippen LogP contribution in [0.4, 0.5) is 0 Å². The predicted molar refractivity (Wildman–Crippen MR) is 266 cm³/mol. The fourth-order valence-corrected chi connectivity index (χ4v) is 4.72. The lowest BCUT2D eigenvalue weighted by Gasteiger charge is -2.19. The molecule has 19 heteroatoms. The fourth-order valence-electron chi connectivity index (χ4n) is 4.72. The third-order valence-electron chi connectivity index (χ3n) is 9.21.